The largest absolute Gasteiger partial charge is 0.459 e. The molecule has 2 nitrogen and oxygen atoms in total. The summed E-state index contributed by atoms with van der Waals surface area (Å²) in [7, 11) is 1.91. The van der Waals surface area contributed by atoms with Crippen LogP contribution in [0.5, 0.6) is 0 Å². The van der Waals surface area contributed by atoms with Gasteiger partial charge >= 0.3 is 0 Å². The maximum absolute atomic E-state index is 6.21. The molecule has 0 fully saturated rings. The Kier molecular flexibility index (Phi) is 4.12. The molecule has 1 heterocycles. The van der Waals surface area contributed by atoms with E-state index in [1.165, 1.54) is 0 Å². The molecule has 0 saturated carbocycles. The van der Waals surface area contributed by atoms with Crippen molar-refractivity contribution in [1.82, 2.24) is 5.32 Å². The van der Waals surface area contributed by atoms with Crippen molar-refractivity contribution in [2.75, 3.05) is 7.05 Å². The van der Waals surface area contributed by atoms with Crippen molar-refractivity contribution in [3.63, 3.8) is 0 Å². The molecule has 1 unspecified atom stereocenters. The van der Waals surface area contributed by atoms with Crippen molar-refractivity contribution in [3.8, 4) is 11.3 Å². The van der Waals surface area contributed by atoms with Crippen molar-refractivity contribution in [2.45, 2.75) is 13.0 Å². The zero-order chi connectivity index (χ0) is 12.4. The number of hydrogen-bond donors (Lipinski definition) is 1. The molecule has 2 aromatic rings. The van der Waals surface area contributed by atoms with Crippen molar-refractivity contribution >= 4 is 34.2 Å². The summed E-state index contributed by atoms with van der Waals surface area (Å²) >= 11 is 8.44. The highest BCUT2D eigenvalue weighted by molar-refractivity contribution is 14.1. The normalized spacial score (nSPS) is 12.7. The maximum Gasteiger partial charge on any atom is 0.135 e. The number of hydrogen-bond acceptors (Lipinski definition) is 2. The van der Waals surface area contributed by atoms with Gasteiger partial charge in [0.1, 0.15) is 11.5 Å². The first-order chi connectivity index (χ1) is 8.11. The minimum atomic E-state index is 0.200. The van der Waals surface area contributed by atoms with Crippen LogP contribution in [-0.4, -0.2) is 7.05 Å². The van der Waals surface area contributed by atoms with Crippen LogP contribution >= 0.6 is 34.2 Å². The Bertz CT molecular complexity index is 524. The number of benzene rings is 1. The summed E-state index contributed by atoms with van der Waals surface area (Å²) in [5, 5.41) is 3.86. The molecule has 0 aliphatic rings. The Morgan fingerprint density at radius 3 is 2.71 bits per heavy atom. The second kappa shape index (κ2) is 5.42. The summed E-state index contributed by atoms with van der Waals surface area (Å²) in [6.45, 7) is 2.05. The highest BCUT2D eigenvalue weighted by Crippen LogP contribution is 2.31. The third kappa shape index (κ3) is 2.84. The fraction of sp³-hybridized carbons (Fsp3) is 0.231. The van der Waals surface area contributed by atoms with Crippen molar-refractivity contribution in [1.29, 1.82) is 0 Å². The summed E-state index contributed by atoms with van der Waals surface area (Å²) < 4.78 is 6.91. The van der Waals surface area contributed by atoms with Crippen LogP contribution in [0.2, 0.25) is 5.02 Å². The van der Waals surface area contributed by atoms with E-state index in [9.17, 15) is 0 Å². The van der Waals surface area contributed by atoms with E-state index < -0.39 is 0 Å². The zero-order valence-corrected chi connectivity index (χ0v) is 12.5. The Morgan fingerprint density at radius 2 is 2.06 bits per heavy atom. The van der Waals surface area contributed by atoms with Gasteiger partial charge in [-0.2, -0.15) is 0 Å². The topological polar surface area (TPSA) is 25.2 Å². The standard InChI is InChI=1S/C13H13ClINO/c1-8(16-2)12-5-6-13(17-12)10-4-3-9(15)7-11(10)14/h3-8,16H,1-2H3. The van der Waals surface area contributed by atoms with E-state index in [0.717, 1.165) is 25.7 Å². The smallest absolute Gasteiger partial charge is 0.135 e. The van der Waals surface area contributed by atoms with Crippen LogP contribution in [0.1, 0.15) is 18.7 Å². The molecule has 17 heavy (non-hydrogen) atoms. The van der Waals surface area contributed by atoms with Gasteiger partial charge in [-0.3, -0.25) is 0 Å². The van der Waals surface area contributed by atoms with E-state index in [-0.39, 0.29) is 6.04 Å². The second-order valence-electron chi connectivity index (χ2n) is 3.84. The van der Waals surface area contributed by atoms with Crippen molar-refractivity contribution in [3.05, 3.63) is 44.7 Å². The van der Waals surface area contributed by atoms with Gasteiger partial charge in [-0.25, -0.2) is 0 Å². The lowest BCUT2D eigenvalue weighted by molar-refractivity contribution is 0.458. The highest BCUT2D eigenvalue weighted by atomic mass is 127. The van der Waals surface area contributed by atoms with Gasteiger partial charge < -0.3 is 9.73 Å². The molecular formula is C13H13ClINO. The Labute approximate surface area is 119 Å². The van der Waals surface area contributed by atoms with E-state index in [1.54, 1.807) is 0 Å². The molecule has 1 N–H and O–H groups in total. The third-order valence-electron chi connectivity index (χ3n) is 2.68. The van der Waals surface area contributed by atoms with Gasteiger partial charge in [-0.15, -0.1) is 0 Å². The third-order valence-corrected chi connectivity index (χ3v) is 3.67. The molecule has 90 valence electrons. The van der Waals surface area contributed by atoms with Crippen LogP contribution in [-0.2, 0) is 0 Å². The van der Waals surface area contributed by atoms with E-state index in [1.807, 2.05) is 37.4 Å². The first-order valence-electron chi connectivity index (χ1n) is 5.34. The number of halogens is 2. The summed E-state index contributed by atoms with van der Waals surface area (Å²) in [6, 6.07) is 10.1. The number of nitrogens with one attached hydrogen (secondary N) is 1. The SMILES string of the molecule is CNC(C)c1ccc(-c2ccc(I)cc2Cl)o1. The number of furan rings is 1. The minimum absolute atomic E-state index is 0.200. The van der Waals surface area contributed by atoms with Crippen LogP contribution in [0.3, 0.4) is 0 Å². The van der Waals surface area contributed by atoms with E-state index >= 15 is 0 Å². The van der Waals surface area contributed by atoms with E-state index in [2.05, 4.69) is 34.8 Å². The molecule has 0 aliphatic carbocycles. The number of rotatable bonds is 3. The molecule has 1 atom stereocenters. The molecule has 0 bridgehead atoms. The molecule has 1 aromatic carbocycles. The summed E-state index contributed by atoms with van der Waals surface area (Å²) in [4.78, 5) is 0. The molecule has 4 heteroatoms. The molecule has 2 rings (SSSR count). The fourth-order valence-electron chi connectivity index (χ4n) is 1.56. The van der Waals surface area contributed by atoms with Gasteiger partial charge in [0, 0.05) is 9.13 Å². The minimum Gasteiger partial charge on any atom is -0.459 e. The predicted octanol–water partition coefficient (Wildman–Crippen LogP) is 4.49. The van der Waals surface area contributed by atoms with Gasteiger partial charge in [0.25, 0.3) is 0 Å². The highest BCUT2D eigenvalue weighted by Gasteiger charge is 2.11. The molecular weight excluding hydrogens is 349 g/mol. The second-order valence-corrected chi connectivity index (χ2v) is 5.49. The zero-order valence-electron chi connectivity index (χ0n) is 9.63. The average molecular weight is 362 g/mol. The molecule has 0 saturated heterocycles. The van der Waals surface area contributed by atoms with E-state index in [0.29, 0.717) is 0 Å². The van der Waals surface area contributed by atoms with Crippen molar-refractivity contribution < 1.29 is 4.42 Å². The Hall–Kier alpha value is -0.520. The molecule has 0 radical (unpaired) electrons. The monoisotopic (exact) mass is 361 g/mol. The van der Waals surface area contributed by atoms with Gasteiger partial charge in [-0.05, 0) is 66.9 Å². The van der Waals surface area contributed by atoms with Crippen LogP contribution in [0.25, 0.3) is 11.3 Å². The lowest BCUT2D eigenvalue weighted by Gasteiger charge is -2.06. The molecule has 0 aliphatic heterocycles. The van der Waals surface area contributed by atoms with Gasteiger partial charge in [0.05, 0.1) is 11.1 Å². The first-order valence-corrected chi connectivity index (χ1v) is 6.80. The Morgan fingerprint density at radius 1 is 1.29 bits per heavy atom. The quantitative estimate of drug-likeness (QED) is 0.815. The van der Waals surface area contributed by atoms with Gasteiger partial charge in [0.15, 0.2) is 0 Å². The predicted molar refractivity (Wildman–Crippen MR) is 79.3 cm³/mol. The molecule has 0 amide bonds. The van der Waals surface area contributed by atoms with Crippen LogP contribution < -0.4 is 5.32 Å². The average Bonchev–Trinajstić information content (AvgIpc) is 2.77. The Balaban J connectivity index is 2.37. The van der Waals surface area contributed by atoms with Crippen LogP contribution in [0, 0.1) is 3.57 Å². The van der Waals surface area contributed by atoms with Gasteiger partial charge in [-0.1, -0.05) is 11.6 Å². The lowest BCUT2D eigenvalue weighted by atomic mass is 10.2. The van der Waals surface area contributed by atoms with Crippen LogP contribution in [0.15, 0.2) is 34.7 Å². The van der Waals surface area contributed by atoms with Crippen LogP contribution in [0.4, 0.5) is 0 Å². The first kappa shape index (κ1) is 12.9. The van der Waals surface area contributed by atoms with E-state index in [4.69, 9.17) is 16.0 Å². The van der Waals surface area contributed by atoms with Crippen molar-refractivity contribution in [2.24, 2.45) is 0 Å². The lowest BCUT2D eigenvalue weighted by Crippen LogP contribution is -2.10. The fourth-order valence-corrected chi connectivity index (χ4v) is 2.51. The summed E-state index contributed by atoms with van der Waals surface area (Å²) in [6.07, 6.45) is 0. The summed E-state index contributed by atoms with van der Waals surface area (Å²) in [5.41, 5.74) is 0.932. The maximum atomic E-state index is 6.21. The molecule has 0 spiro atoms. The van der Waals surface area contributed by atoms with Gasteiger partial charge in [0.2, 0.25) is 0 Å². The summed E-state index contributed by atoms with van der Waals surface area (Å²) in [5.74, 6) is 1.72. The molecule has 1 aromatic heterocycles.